The minimum Gasteiger partial charge on any atom is -0.550 e. The number of nitrogens with two attached hydrogens (primary N) is 9. The smallest absolute Gasteiger partial charge is 0.550 e. The van der Waals surface area contributed by atoms with Gasteiger partial charge in [0, 0.05) is 114 Å². The molecule has 1 saturated heterocycles. The minimum atomic E-state index is -5.94. The van der Waals surface area contributed by atoms with E-state index in [-0.39, 0.29) is 164 Å². The first kappa shape index (κ1) is 133. The van der Waals surface area contributed by atoms with Gasteiger partial charge in [-0.3, -0.25) is 62.2 Å². The van der Waals surface area contributed by atoms with Gasteiger partial charge in [0.15, 0.2) is 0 Å². The fourth-order valence-electron chi connectivity index (χ4n) is 4.60. The van der Waals surface area contributed by atoms with Gasteiger partial charge in [-0.25, -0.2) is 4.79 Å². The Kier molecular flexibility index (Phi) is 98.9. The molecule has 6 amide bonds. The normalized spacial score (nSPS) is 13.0. The van der Waals surface area contributed by atoms with Crippen LogP contribution in [0.5, 0.6) is 0 Å². The number of aldehydes is 2. The number of rotatable bonds is 34. The largest absolute Gasteiger partial charge is 1.00 e. The zero-order chi connectivity index (χ0) is 80.9. The van der Waals surface area contributed by atoms with Gasteiger partial charge in [0.1, 0.15) is 55.4 Å². The number of hydroxylamine groups is 1. The van der Waals surface area contributed by atoms with E-state index in [1.165, 1.54) is 6.92 Å². The van der Waals surface area contributed by atoms with Gasteiger partial charge >= 0.3 is 35.5 Å². The van der Waals surface area contributed by atoms with Gasteiger partial charge < -0.3 is 118 Å². The first-order valence-electron chi connectivity index (χ1n) is 30.2. The molecule has 1 heterocycles. The summed E-state index contributed by atoms with van der Waals surface area (Å²) in [6.07, 6.45) is 0.526. The number of Topliss-reactive ketones (excluding diaryl/α,β-unsaturated/α-hetero) is 1. The summed E-state index contributed by atoms with van der Waals surface area (Å²) in [7, 11) is 6.57. The van der Waals surface area contributed by atoms with Crippen LogP contribution in [-0.2, 0) is 67.2 Å². The standard InChI is InChI=1S/C11H22N4O2S.C10H22N4O4.C9H15O6P.C6H10N2O3.2C6H15NS2.C5H9N3O3.C2H7NS.4CH4.IO4.Na/c1-11(2,3)15-8(16)7(12)6-14-9(17)10-13-4-5-18-10;1-10(2,3)14-18-9(17)6(11)4-13-8(16)7(12)5-15;10-7(11)1-4-16(5-2-8(12)13)6-3-9(14)15;1-4(10)5(7)2-8-6(11)3-9;2*1-6(2,3)9-8-5-4-7;6-3(5(7)11)1-8-4(10)2-9;3-1-2-4;;;;;2-1(3,4)5;/h7,10,13H,4-6,12H2,1-3H3,(H,14,17)(H,15,16);6-7,14-15H,4-5,11-12H2,1-3H3,(H,13,16);1-6H2,(H,10,11)(H,12,13)(H,14,15);3,5H,2,7H2,1H3,(H,8,11);2*4-5,7H2,1-3H3;2-3H,1,6H2,(H2,7,11)(H,8,10);4H,1-3H2;4*1H4;;/q;;;;;;;;;;;;-1;+1/p-3. The van der Waals surface area contributed by atoms with E-state index in [1.54, 1.807) is 11.8 Å². The second-order valence-corrected chi connectivity index (χ2v) is 36.9. The van der Waals surface area contributed by atoms with Gasteiger partial charge in [0.2, 0.25) is 36.2 Å². The molecule has 1 aliphatic heterocycles. The van der Waals surface area contributed by atoms with Crippen molar-refractivity contribution < 1.29 is 151 Å². The van der Waals surface area contributed by atoms with Crippen LogP contribution in [0.25, 0.3) is 0 Å². The molecule has 1 aliphatic rings. The van der Waals surface area contributed by atoms with Gasteiger partial charge in [-0.05, 0) is 86.2 Å². The van der Waals surface area contributed by atoms with E-state index in [4.69, 9.17) is 75.3 Å². The van der Waals surface area contributed by atoms with Crippen LogP contribution >= 0.6 is 75.5 Å². The monoisotopic (exact) mass is 1790 g/mol. The number of thiol groups is 1. The Morgan fingerprint density at radius 2 is 0.962 bits per heavy atom. The number of amides is 6. The predicted octanol–water partition coefficient (Wildman–Crippen LogP) is -15.3. The average molecular weight is 1790 g/mol. The number of primary amides is 1. The van der Waals surface area contributed by atoms with E-state index in [9.17, 15) is 77.6 Å². The molecule has 38 nitrogen and oxygen atoms in total. The summed E-state index contributed by atoms with van der Waals surface area (Å²) in [5, 5.41) is 54.2. The molecule has 0 radical (unpaired) electrons. The van der Waals surface area contributed by atoms with Crippen molar-refractivity contribution in [1.82, 2.24) is 37.4 Å². The first-order valence-corrected chi connectivity index (χ1v) is 41.9. The van der Waals surface area contributed by atoms with Crippen LogP contribution < -0.4 is 168 Å². The van der Waals surface area contributed by atoms with Crippen molar-refractivity contribution >= 4 is 153 Å². The molecule has 1 fully saturated rings. The Morgan fingerprint density at radius 3 is 1.24 bits per heavy atom. The topological polar surface area (TPSA) is 731 Å². The van der Waals surface area contributed by atoms with E-state index >= 15 is 0 Å². The van der Waals surface area contributed by atoms with Crippen LogP contribution in [0, 0.1) is 0 Å². The van der Waals surface area contributed by atoms with Crippen LogP contribution in [0.3, 0.4) is 0 Å². The number of aliphatic hydroxyl groups is 1. The maximum absolute atomic E-state index is 11.7. The van der Waals surface area contributed by atoms with E-state index in [0.29, 0.717) is 16.0 Å². The Labute approximate surface area is 683 Å². The van der Waals surface area contributed by atoms with Gasteiger partial charge in [0.05, 0.1) is 12.6 Å². The van der Waals surface area contributed by atoms with E-state index in [1.807, 2.05) is 84.7 Å². The fourth-order valence-corrected chi connectivity index (χ4v) is 12.0. The summed E-state index contributed by atoms with van der Waals surface area (Å²) in [5.41, 5.74) is 49.0. The van der Waals surface area contributed by atoms with Crippen LogP contribution in [-0.4, -0.2) is 239 Å². The molecule has 0 aromatic carbocycles. The molecule has 1 rings (SSSR count). The Balaban J connectivity index is -0.0000000853. The number of hydrogen-bond acceptors (Lipinski definition) is 38. The zero-order valence-corrected chi connectivity index (χ0v) is 70.6. The molecule has 0 aliphatic carbocycles. The molecule has 628 valence electrons. The van der Waals surface area contributed by atoms with Crippen LogP contribution in [0.15, 0.2) is 0 Å². The molecule has 106 heavy (non-hydrogen) atoms. The molecule has 26 N–H and O–H groups in total. The molecule has 6 atom stereocenters. The number of aliphatic hydroxyl groups excluding tert-OH is 1. The quantitative estimate of drug-likeness (QED) is 0.00327. The van der Waals surface area contributed by atoms with Gasteiger partial charge in [-0.15, -0.1) is 25.2 Å². The Morgan fingerprint density at radius 1 is 0.604 bits per heavy atom. The number of hydrogen-bond donors (Lipinski definition) is 18. The van der Waals surface area contributed by atoms with Gasteiger partial charge in [-0.1, -0.05) is 114 Å². The number of halogens is 1. The molecular weight excluding hydrogens is 1660 g/mol. The van der Waals surface area contributed by atoms with Crippen LogP contribution in [0.2, 0.25) is 0 Å². The number of thioether (sulfide) groups is 1. The van der Waals surface area contributed by atoms with Crippen molar-refractivity contribution in [3.05, 3.63) is 0 Å². The SMILES string of the molecule is C.C.C.C.CC(=O)C(N)CNC(=O)C=O.CC(C)(C)NC(=O)C(N)CNC(=O)C1NCCS1.CC(C)(C)NOC(=O)C(N)CNC(=O)C(N)CO.CC(C)(C)SSCCN.CC(C)(C)SSCCN.NC(=O)C(N)CNC(=O)C=O.NCCS.O=C([O-])CCP(CCC(=O)[O-])CCC(=O)[O-].[Na+].[O-][I+3]([O-])([O-])[O-]. The number of ketones is 1. The third kappa shape index (κ3) is 117. The molecule has 47 heteroatoms. The molecular formula is C59H128IN16NaO22PS6-3. The Bertz CT molecular complexity index is 2230. The Hall–Kier alpha value is -2.63. The second-order valence-electron chi connectivity index (χ2n) is 23.9. The number of carboxylic acid groups (broad SMARTS) is 3. The van der Waals surface area contributed by atoms with E-state index in [0.717, 1.165) is 42.6 Å². The summed E-state index contributed by atoms with van der Waals surface area (Å²) in [5.74, 6) is -3.98. The van der Waals surface area contributed by atoms with E-state index < -0.39 is 118 Å². The van der Waals surface area contributed by atoms with Crippen molar-refractivity contribution in [3.8, 4) is 0 Å². The van der Waals surface area contributed by atoms with Gasteiger partial charge in [-0.2, -0.15) is 12.6 Å². The summed E-state index contributed by atoms with van der Waals surface area (Å²) >= 11 is -0.588. The zero-order valence-electron chi connectivity index (χ0n) is 60.6. The number of carbonyl (C=O) groups is 13. The second kappa shape index (κ2) is 79.0. The maximum atomic E-state index is 11.7. The van der Waals surface area contributed by atoms with Crippen molar-refractivity contribution in [2.45, 2.75) is 195 Å². The molecule has 0 saturated carbocycles. The molecule has 0 aromatic rings. The van der Waals surface area contributed by atoms with Crippen molar-refractivity contribution in [2.75, 3.05) is 100 Å². The molecule has 0 aromatic heterocycles. The summed E-state index contributed by atoms with van der Waals surface area (Å²) in [6, 6.07) is -4.42. The van der Waals surface area contributed by atoms with Crippen molar-refractivity contribution in [3.63, 3.8) is 0 Å². The van der Waals surface area contributed by atoms with Crippen molar-refractivity contribution in [2.24, 2.45) is 51.6 Å². The number of nitrogens with one attached hydrogen (secondary N) is 7. The molecule has 0 bridgehead atoms. The summed E-state index contributed by atoms with van der Waals surface area (Å²) < 4.78 is 35.2. The average Bonchev–Trinajstić information content (AvgIpc) is 1.37. The predicted molar refractivity (Wildman–Crippen MR) is 410 cm³/mol. The number of carbonyl (C=O) groups excluding carboxylic acids is 13. The van der Waals surface area contributed by atoms with Crippen molar-refractivity contribution in [1.29, 1.82) is 0 Å². The molecule has 6 unspecified atom stereocenters. The maximum Gasteiger partial charge on any atom is 1.00 e. The minimum absolute atomic E-state index is 0. The summed E-state index contributed by atoms with van der Waals surface area (Å²) in [4.78, 5) is 142. The summed E-state index contributed by atoms with van der Waals surface area (Å²) in [6.45, 7) is 28.2. The third-order valence-corrected chi connectivity index (χ3v) is 19.9. The third-order valence-electron chi connectivity index (χ3n) is 9.22. The van der Waals surface area contributed by atoms with Gasteiger partial charge in [0.25, 0.3) is 11.8 Å². The fraction of sp³-hybridized carbons (Fsp3) is 0.780. The van der Waals surface area contributed by atoms with Crippen LogP contribution in [0.4, 0.5) is 0 Å². The number of aliphatic carboxylic acids is 3. The van der Waals surface area contributed by atoms with E-state index in [2.05, 4.69) is 91.6 Å². The first-order chi connectivity index (χ1) is 46.1. The van der Waals surface area contributed by atoms with Crippen LogP contribution in [0.1, 0.15) is 139 Å². The molecule has 0 spiro atoms. The number of carboxylic acids is 3.